The van der Waals surface area contributed by atoms with Crippen molar-refractivity contribution in [3.05, 3.63) is 59.0 Å². The molecule has 4 heteroatoms. The normalized spacial score (nSPS) is 12.3. The Hall–Kier alpha value is -1.74. The van der Waals surface area contributed by atoms with E-state index in [2.05, 4.69) is 0 Å². The SMILES string of the molecule is O=C(O)C(c1ccc(Cl)cc1)c1ccco1. The van der Waals surface area contributed by atoms with Gasteiger partial charge in [0.05, 0.1) is 6.26 Å². The predicted octanol–water partition coefficient (Wildman–Crippen LogP) is 3.15. The van der Waals surface area contributed by atoms with E-state index in [1.165, 1.54) is 6.26 Å². The Morgan fingerprint density at radius 2 is 1.94 bits per heavy atom. The smallest absolute Gasteiger partial charge is 0.318 e. The van der Waals surface area contributed by atoms with E-state index in [1.807, 2.05) is 0 Å². The van der Waals surface area contributed by atoms with Crippen molar-refractivity contribution in [1.82, 2.24) is 0 Å². The summed E-state index contributed by atoms with van der Waals surface area (Å²) < 4.78 is 5.13. The molecule has 3 nitrogen and oxygen atoms in total. The summed E-state index contributed by atoms with van der Waals surface area (Å²) in [6, 6.07) is 10.0. The van der Waals surface area contributed by atoms with Crippen LogP contribution in [0.1, 0.15) is 17.2 Å². The number of carboxylic acids is 1. The molecule has 1 N–H and O–H groups in total. The van der Waals surface area contributed by atoms with Crippen LogP contribution in [-0.2, 0) is 4.79 Å². The quantitative estimate of drug-likeness (QED) is 0.891. The number of furan rings is 1. The van der Waals surface area contributed by atoms with Gasteiger partial charge < -0.3 is 9.52 Å². The summed E-state index contributed by atoms with van der Waals surface area (Å²) in [7, 11) is 0. The highest BCUT2D eigenvalue weighted by molar-refractivity contribution is 6.30. The van der Waals surface area contributed by atoms with Gasteiger partial charge in [0.15, 0.2) is 0 Å². The minimum absolute atomic E-state index is 0.412. The number of hydrogen-bond donors (Lipinski definition) is 1. The number of aliphatic carboxylic acids is 1. The van der Waals surface area contributed by atoms with Crippen LogP contribution in [0, 0.1) is 0 Å². The van der Waals surface area contributed by atoms with Crippen molar-refractivity contribution in [1.29, 1.82) is 0 Å². The van der Waals surface area contributed by atoms with Crippen LogP contribution in [-0.4, -0.2) is 11.1 Å². The zero-order valence-corrected chi connectivity index (χ0v) is 9.02. The molecule has 1 aromatic carbocycles. The number of rotatable bonds is 3. The van der Waals surface area contributed by atoms with Gasteiger partial charge in [-0.05, 0) is 29.8 Å². The zero-order valence-electron chi connectivity index (χ0n) is 8.26. The van der Waals surface area contributed by atoms with E-state index in [4.69, 9.17) is 16.0 Å². The summed E-state index contributed by atoms with van der Waals surface area (Å²) in [5, 5.41) is 9.75. The van der Waals surface area contributed by atoms with Gasteiger partial charge in [0, 0.05) is 5.02 Å². The lowest BCUT2D eigenvalue weighted by molar-refractivity contribution is -0.138. The van der Waals surface area contributed by atoms with Crippen molar-refractivity contribution in [2.45, 2.75) is 5.92 Å². The van der Waals surface area contributed by atoms with Gasteiger partial charge in [-0.2, -0.15) is 0 Å². The first-order valence-electron chi connectivity index (χ1n) is 4.70. The van der Waals surface area contributed by atoms with Crippen molar-refractivity contribution >= 4 is 17.6 Å². The van der Waals surface area contributed by atoms with Gasteiger partial charge in [0.2, 0.25) is 0 Å². The number of carbonyl (C=O) groups is 1. The summed E-state index contributed by atoms with van der Waals surface area (Å²) in [5.41, 5.74) is 0.645. The van der Waals surface area contributed by atoms with Crippen LogP contribution in [0.2, 0.25) is 5.02 Å². The summed E-state index contributed by atoms with van der Waals surface area (Å²) in [6.45, 7) is 0. The second kappa shape index (κ2) is 4.41. The van der Waals surface area contributed by atoms with Gasteiger partial charge >= 0.3 is 5.97 Å². The van der Waals surface area contributed by atoms with E-state index in [-0.39, 0.29) is 0 Å². The molecule has 0 saturated heterocycles. The lowest BCUT2D eigenvalue weighted by Gasteiger charge is -2.09. The molecule has 0 amide bonds. The summed E-state index contributed by atoms with van der Waals surface area (Å²) in [4.78, 5) is 11.2. The van der Waals surface area contributed by atoms with Crippen molar-refractivity contribution in [2.24, 2.45) is 0 Å². The predicted molar refractivity (Wildman–Crippen MR) is 59.6 cm³/mol. The van der Waals surface area contributed by atoms with Crippen LogP contribution in [0.25, 0.3) is 0 Å². The molecule has 1 atom stereocenters. The average Bonchev–Trinajstić information content (AvgIpc) is 2.74. The number of benzene rings is 1. The van der Waals surface area contributed by atoms with E-state index in [0.29, 0.717) is 16.3 Å². The van der Waals surface area contributed by atoms with Crippen LogP contribution in [0.4, 0.5) is 0 Å². The van der Waals surface area contributed by atoms with Crippen LogP contribution in [0.3, 0.4) is 0 Å². The summed E-state index contributed by atoms with van der Waals surface area (Å²) in [6.07, 6.45) is 1.46. The number of hydrogen-bond acceptors (Lipinski definition) is 2. The van der Waals surface area contributed by atoms with Gasteiger partial charge in [-0.15, -0.1) is 0 Å². The molecule has 0 spiro atoms. The van der Waals surface area contributed by atoms with Gasteiger partial charge in [-0.3, -0.25) is 4.79 Å². The Bertz CT molecular complexity index is 473. The molecule has 82 valence electrons. The monoisotopic (exact) mass is 236 g/mol. The molecule has 1 unspecified atom stereocenters. The minimum atomic E-state index is -0.947. The van der Waals surface area contributed by atoms with Gasteiger partial charge in [0.1, 0.15) is 11.7 Å². The summed E-state index contributed by atoms with van der Waals surface area (Å²) >= 11 is 5.75. The van der Waals surface area contributed by atoms with E-state index in [9.17, 15) is 9.90 Å². The van der Waals surface area contributed by atoms with Crippen LogP contribution >= 0.6 is 11.6 Å². The first-order valence-corrected chi connectivity index (χ1v) is 5.08. The van der Waals surface area contributed by atoms with E-state index < -0.39 is 11.9 Å². The molecule has 1 aromatic heterocycles. The molecule has 0 aliphatic carbocycles. The fourth-order valence-electron chi connectivity index (χ4n) is 1.54. The third kappa shape index (κ3) is 2.09. The molecule has 0 aliphatic rings. The Balaban J connectivity index is 2.41. The topological polar surface area (TPSA) is 50.4 Å². The highest BCUT2D eigenvalue weighted by atomic mass is 35.5. The first-order chi connectivity index (χ1) is 7.68. The fourth-order valence-corrected chi connectivity index (χ4v) is 1.67. The van der Waals surface area contributed by atoms with E-state index >= 15 is 0 Å². The molecular formula is C12H9ClO3. The second-order valence-electron chi connectivity index (χ2n) is 3.34. The Morgan fingerprint density at radius 3 is 2.44 bits per heavy atom. The summed E-state index contributed by atoms with van der Waals surface area (Å²) in [5.74, 6) is -1.32. The zero-order chi connectivity index (χ0) is 11.5. The molecule has 1 heterocycles. The molecule has 0 fully saturated rings. The van der Waals surface area contributed by atoms with Crippen molar-refractivity contribution in [2.75, 3.05) is 0 Å². The largest absolute Gasteiger partial charge is 0.480 e. The van der Waals surface area contributed by atoms with E-state index in [1.54, 1.807) is 36.4 Å². The maximum atomic E-state index is 11.2. The molecule has 2 aromatic rings. The molecular weight excluding hydrogens is 228 g/mol. The van der Waals surface area contributed by atoms with Gasteiger partial charge in [-0.25, -0.2) is 0 Å². The van der Waals surface area contributed by atoms with E-state index in [0.717, 1.165) is 0 Å². The highest BCUT2D eigenvalue weighted by Crippen LogP contribution is 2.26. The Labute approximate surface area is 97.3 Å². The van der Waals surface area contributed by atoms with Crippen LogP contribution < -0.4 is 0 Å². The first kappa shape index (κ1) is 10.8. The fraction of sp³-hybridized carbons (Fsp3) is 0.0833. The van der Waals surface area contributed by atoms with Gasteiger partial charge in [0.25, 0.3) is 0 Å². The standard InChI is InChI=1S/C12H9ClO3/c13-9-5-3-8(4-6-9)11(12(14)15)10-2-1-7-16-10/h1-7,11H,(H,14,15). The van der Waals surface area contributed by atoms with Gasteiger partial charge in [-0.1, -0.05) is 23.7 Å². The van der Waals surface area contributed by atoms with Crippen molar-refractivity contribution in [3.63, 3.8) is 0 Å². The maximum Gasteiger partial charge on any atom is 0.318 e. The molecule has 0 saturated carbocycles. The average molecular weight is 237 g/mol. The molecule has 2 rings (SSSR count). The van der Waals surface area contributed by atoms with Crippen LogP contribution in [0.5, 0.6) is 0 Å². The third-order valence-electron chi connectivity index (χ3n) is 2.28. The number of halogens is 1. The molecule has 0 bridgehead atoms. The van der Waals surface area contributed by atoms with Crippen molar-refractivity contribution < 1.29 is 14.3 Å². The maximum absolute atomic E-state index is 11.2. The third-order valence-corrected chi connectivity index (χ3v) is 2.53. The Morgan fingerprint density at radius 1 is 1.25 bits per heavy atom. The Kier molecular flexibility index (Phi) is 2.97. The van der Waals surface area contributed by atoms with Crippen molar-refractivity contribution in [3.8, 4) is 0 Å². The lowest BCUT2D eigenvalue weighted by Crippen LogP contribution is -2.12. The second-order valence-corrected chi connectivity index (χ2v) is 3.77. The molecule has 0 aliphatic heterocycles. The highest BCUT2D eigenvalue weighted by Gasteiger charge is 2.24. The molecule has 16 heavy (non-hydrogen) atoms. The van der Waals surface area contributed by atoms with Crippen LogP contribution in [0.15, 0.2) is 47.1 Å². The molecule has 0 radical (unpaired) electrons. The number of carboxylic acid groups (broad SMARTS) is 1. The minimum Gasteiger partial charge on any atom is -0.480 e. The lowest BCUT2D eigenvalue weighted by atomic mass is 9.97.